The number of hydrogen-bond acceptors (Lipinski definition) is 6. The molecule has 0 unspecified atom stereocenters. The van der Waals surface area contributed by atoms with Gasteiger partial charge in [-0.1, -0.05) is 72.4 Å². The number of carbonyl (C=O) groups is 1. The normalized spacial score (nSPS) is 10.6. The molecule has 0 atom stereocenters. The van der Waals surface area contributed by atoms with E-state index in [0.29, 0.717) is 16.5 Å². The Morgan fingerprint density at radius 2 is 1.55 bits per heavy atom. The molecule has 0 saturated carbocycles. The monoisotopic (exact) mass is 431 g/mol. The van der Waals surface area contributed by atoms with Gasteiger partial charge in [-0.15, -0.1) is 10.2 Å². The molecule has 4 aromatic rings. The number of ether oxygens (including phenoxy) is 1. The molecule has 0 spiro atoms. The molecule has 3 aromatic carbocycles. The van der Waals surface area contributed by atoms with Gasteiger partial charge in [-0.05, 0) is 18.2 Å². The van der Waals surface area contributed by atoms with E-state index in [1.807, 2.05) is 60.7 Å². The molecule has 0 aliphatic rings. The Hall–Kier alpha value is -3.58. The molecule has 0 amide bonds. The van der Waals surface area contributed by atoms with Crippen LogP contribution in [0, 0.1) is 5.82 Å². The van der Waals surface area contributed by atoms with Crippen LogP contribution in [0.3, 0.4) is 0 Å². The highest BCUT2D eigenvalue weighted by molar-refractivity contribution is 7.99. The van der Waals surface area contributed by atoms with Gasteiger partial charge in [0.25, 0.3) is 0 Å². The summed E-state index contributed by atoms with van der Waals surface area (Å²) in [6.07, 6.45) is 0. The molecule has 0 radical (unpaired) electrons. The lowest BCUT2D eigenvalue weighted by atomic mass is 10.0. The first-order chi connectivity index (χ1) is 15.2. The maximum Gasteiger partial charge on any atom is 0.210 e. The van der Waals surface area contributed by atoms with Gasteiger partial charge in [0.2, 0.25) is 5.16 Å². The summed E-state index contributed by atoms with van der Waals surface area (Å²) in [5.41, 5.74) is 3.43. The Labute approximate surface area is 183 Å². The van der Waals surface area contributed by atoms with Crippen molar-refractivity contribution in [2.24, 2.45) is 0 Å². The third kappa shape index (κ3) is 4.78. The van der Waals surface area contributed by atoms with Crippen molar-refractivity contribution in [2.75, 3.05) is 12.9 Å². The third-order valence-electron chi connectivity index (χ3n) is 4.57. The van der Waals surface area contributed by atoms with Gasteiger partial charge in [-0.25, -0.2) is 9.37 Å². The number of thioether (sulfide) groups is 1. The minimum absolute atomic E-state index is 0.0619. The van der Waals surface area contributed by atoms with Gasteiger partial charge in [-0.2, -0.15) is 0 Å². The first-order valence-electron chi connectivity index (χ1n) is 9.51. The number of methoxy groups -OCH3 is 1. The number of nitrogens with zero attached hydrogens (tertiary/aromatic N) is 3. The maximum absolute atomic E-state index is 13.9. The number of benzene rings is 3. The largest absolute Gasteiger partial charge is 0.494 e. The van der Waals surface area contributed by atoms with Crippen LogP contribution in [0.4, 0.5) is 4.39 Å². The highest BCUT2D eigenvalue weighted by atomic mass is 32.2. The summed E-state index contributed by atoms with van der Waals surface area (Å²) in [5.74, 6) is -0.647. The second-order valence-electron chi connectivity index (χ2n) is 6.58. The molecule has 4 rings (SSSR count). The number of ketones is 1. The van der Waals surface area contributed by atoms with Crippen molar-refractivity contribution in [3.8, 4) is 28.3 Å². The molecule has 5 nitrogen and oxygen atoms in total. The van der Waals surface area contributed by atoms with Gasteiger partial charge >= 0.3 is 0 Å². The fourth-order valence-corrected chi connectivity index (χ4v) is 3.69. The molecular formula is C24H18FN3O2S. The maximum atomic E-state index is 13.9. The van der Waals surface area contributed by atoms with Crippen molar-refractivity contribution < 1.29 is 13.9 Å². The summed E-state index contributed by atoms with van der Waals surface area (Å²) in [4.78, 5) is 17.2. The molecule has 1 aromatic heterocycles. The second-order valence-corrected chi connectivity index (χ2v) is 7.53. The molecule has 154 valence electrons. The minimum Gasteiger partial charge on any atom is -0.494 e. The molecule has 0 aliphatic heterocycles. The van der Waals surface area contributed by atoms with Crippen LogP contribution >= 0.6 is 11.8 Å². The van der Waals surface area contributed by atoms with Gasteiger partial charge in [-0.3, -0.25) is 4.79 Å². The quantitative estimate of drug-likeness (QED) is 0.291. The van der Waals surface area contributed by atoms with Crippen molar-refractivity contribution in [3.63, 3.8) is 0 Å². The second kappa shape index (κ2) is 9.49. The summed E-state index contributed by atoms with van der Waals surface area (Å²) in [7, 11) is 1.38. The van der Waals surface area contributed by atoms with Crippen LogP contribution in [0.25, 0.3) is 22.5 Å². The van der Waals surface area contributed by atoms with Gasteiger partial charge < -0.3 is 4.74 Å². The Morgan fingerprint density at radius 1 is 0.903 bits per heavy atom. The summed E-state index contributed by atoms with van der Waals surface area (Å²) >= 11 is 1.16. The van der Waals surface area contributed by atoms with Crippen molar-refractivity contribution in [2.45, 2.75) is 5.16 Å². The van der Waals surface area contributed by atoms with E-state index < -0.39 is 5.82 Å². The minimum atomic E-state index is -0.574. The van der Waals surface area contributed by atoms with Gasteiger partial charge in [0.1, 0.15) is 11.4 Å². The van der Waals surface area contributed by atoms with E-state index in [2.05, 4.69) is 15.2 Å². The zero-order valence-corrected chi connectivity index (χ0v) is 17.5. The van der Waals surface area contributed by atoms with E-state index in [-0.39, 0.29) is 22.8 Å². The first-order valence-corrected chi connectivity index (χ1v) is 10.5. The van der Waals surface area contributed by atoms with E-state index in [0.717, 1.165) is 22.9 Å². The predicted molar refractivity (Wildman–Crippen MR) is 119 cm³/mol. The van der Waals surface area contributed by atoms with Crippen LogP contribution in [0.5, 0.6) is 5.75 Å². The molecule has 0 bridgehead atoms. The van der Waals surface area contributed by atoms with E-state index in [9.17, 15) is 9.18 Å². The summed E-state index contributed by atoms with van der Waals surface area (Å²) in [6, 6.07) is 23.6. The van der Waals surface area contributed by atoms with E-state index in [1.54, 1.807) is 0 Å². The first kappa shape index (κ1) is 20.7. The van der Waals surface area contributed by atoms with Gasteiger partial charge in [0.05, 0.1) is 12.9 Å². The molecule has 1 heterocycles. The van der Waals surface area contributed by atoms with E-state index in [4.69, 9.17) is 4.74 Å². The number of hydrogen-bond donors (Lipinski definition) is 0. The van der Waals surface area contributed by atoms with E-state index in [1.165, 1.54) is 25.3 Å². The van der Waals surface area contributed by atoms with Crippen molar-refractivity contribution in [3.05, 3.63) is 90.2 Å². The number of aromatic nitrogens is 3. The lowest BCUT2D eigenvalue weighted by molar-refractivity contribution is 0.102. The Kier molecular flexibility index (Phi) is 6.33. The molecule has 31 heavy (non-hydrogen) atoms. The molecular weight excluding hydrogens is 413 g/mol. The Morgan fingerprint density at radius 3 is 2.16 bits per heavy atom. The Bertz CT molecular complexity index is 1200. The molecule has 0 N–H and O–H groups in total. The number of Topliss-reactive ketones (excluding diaryl/α,β-unsaturated/α-hetero) is 1. The molecule has 0 fully saturated rings. The van der Waals surface area contributed by atoms with Crippen LogP contribution < -0.4 is 4.74 Å². The topological polar surface area (TPSA) is 65.0 Å². The van der Waals surface area contributed by atoms with Crippen LogP contribution in [-0.2, 0) is 0 Å². The van der Waals surface area contributed by atoms with Crippen LogP contribution in [0.1, 0.15) is 10.4 Å². The third-order valence-corrected chi connectivity index (χ3v) is 5.41. The summed E-state index contributed by atoms with van der Waals surface area (Å²) in [6.45, 7) is 0. The standard InChI is InChI=1S/C24H18FN3O2S/c1-30-21-13-12-18(14-19(21)25)20(29)15-31-24-26-22(16-8-4-2-5-9-16)23(27-28-24)17-10-6-3-7-11-17/h2-14H,15H2,1H3. The average molecular weight is 431 g/mol. The lowest BCUT2D eigenvalue weighted by Gasteiger charge is -2.09. The van der Waals surface area contributed by atoms with Crippen LogP contribution in [0.2, 0.25) is 0 Å². The Balaban J connectivity index is 1.59. The van der Waals surface area contributed by atoms with Crippen molar-refractivity contribution in [1.29, 1.82) is 0 Å². The van der Waals surface area contributed by atoms with Crippen molar-refractivity contribution >= 4 is 17.5 Å². The smallest absolute Gasteiger partial charge is 0.210 e. The predicted octanol–water partition coefficient (Wildman–Crippen LogP) is 5.33. The average Bonchev–Trinajstić information content (AvgIpc) is 2.83. The molecule has 0 saturated heterocycles. The number of halogens is 1. The van der Waals surface area contributed by atoms with Crippen LogP contribution in [-0.4, -0.2) is 33.8 Å². The van der Waals surface area contributed by atoms with Gasteiger partial charge in [0.15, 0.2) is 17.3 Å². The summed E-state index contributed by atoms with van der Waals surface area (Å²) < 4.78 is 18.8. The zero-order chi connectivity index (χ0) is 21.6. The highest BCUT2D eigenvalue weighted by Crippen LogP contribution is 2.30. The molecule has 7 heteroatoms. The zero-order valence-electron chi connectivity index (χ0n) is 16.7. The SMILES string of the molecule is COc1ccc(C(=O)CSc2nnc(-c3ccccc3)c(-c3ccccc3)n2)cc1F. The molecule has 0 aliphatic carbocycles. The lowest BCUT2D eigenvalue weighted by Crippen LogP contribution is -2.05. The van der Waals surface area contributed by atoms with Gasteiger partial charge in [0, 0.05) is 16.7 Å². The number of rotatable bonds is 7. The fourth-order valence-electron chi connectivity index (χ4n) is 3.01. The van der Waals surface area contributed by atoms with Crippen molar-refractivity contribution in [1.82, 2.24) is 15.2 Å². The van der Waals surface area contributed by atoms with E-state index >= 15 is 0 Å². The summed E-state index contributed by atoms with van der Waals surface area (Å²) in [5, 5.41) is 8.97. The fraction of sp³-hybridized carbons (Fsp3) is 0.0833. The van der Waals surface area contributed by atoms with Crippen LogP contribution in [0.15, 0.2) is 84.0 Å². The highest BCUT2D eigenvalue weighted by Gasteiger charge is 2.16. The number of carbonyl (C=O) groups excluding carboxylic acids is 1.